The molecule has 3 rings (SSSR count). The third kappa shape index (κ3) is 3.21. The smallest absolute Gasteiger partial charge is 0.227 e. The van der Waals surface area contributed by atoms with Crippen LogP contribution >= 0.6 is 0 Å². The number of aryl methyl sites for hydroxylation is 2. The van der Waals surface area contributed by atoms with Crippen LogP contribution in [0.3, 0.4) is 0 Å². The normalized spacial score (nSPS) is 16.6. The lowest BCUT2D eigenvalue weighted by Crippen LogP contribution is -2.37. The van der Waals surface area contributed by atoms with Crippen LogP contribution in [0.5, 0.6) is 5.75 Å². The molecule has 1 amide bonds. The van der Waals surface area contributed by atoms with Crippen LogP contribution in [-0.2, 0) is 24.2 Å². The summed E-state index contributed by atoms with van der Waals surface area (Å²) in [4.78, 5) is 12.4. The van der Waals surface area contributed by atoms with E-state index in [-0.39, 0.29) is 17.6 Å². The molecule has 122 valence electrons. The van der Waals surface area contributed by atoms with Crippen LogP contribution in [0, 0.1) is 18.7 Å². The average molecular weight is 318 g/mol. The predicted molar refractivity (Wildman–Crippen MR) is 81.6 cm³/mol. The highest BCUT2D eigenvalue weighted by molar-refractivity contribution is 5.79. The maximum atomic E-state index is 13.3. The molecule has 0 aliphatic carbocycles. The predicted octanol–water partition coefficient (Wildman–Crippen LogP) is 2.55. The standard InChI is InChI=1S/C17H19FN2O3/c1-3-15-14(10(2)23-20-15)8-19-17(21)12-6-11-7-13(18)4-5-16(11)22-9-12/h4-5,7,12H,3,6,8-9H2,1-2H3,(H,19,21). The van der Waals surface area contributed by atoms with Crippen molar-refractivity contribution in [3.8, 4) is 5.75 Å². The van der Waals surface area contributed by atoms with Crippen molar-refractivity contribution in [2.45, 2.75) is 33.2 Å². The van der Waals surface area contributed by atoms with Crippen LogP contribution in [-0.4, -0.2) is 17.7 Å². The topological polar surface area (TPSA) is 64.4 Å². The molecule has 0 bridgehead atoms. The van der Waals surface area contributed by atoms with Crippen molar-refractivity contribution in [3.63, 3.8) is 0 Å². The van der Waals surface area contributed by atoms with E-state index in [0.29, 0.717) is 25.3 Å². The van der Waals surface area contributed by atoms with Gasteiger partial charge in [-0.05, 0) is 43.5 Å². The fourth-order valence-electron chi connectivity index (χ4n) is 2.79. The molecule has 5 nitrogen and oxygen atoms in total. The van der Waals surface area contributed by atoms with E-state index in [1.54, 1.807) is 6.07 Å². The van der Waals surface area contributed by atoms with Crippen LogP contribution in [0.1, 0.15) is 29.5 Å². The Morgan fingerprint density at radius 2 is 2.30 bits per heavy atom. The van der Waals surface area contributed by atoms with Crippen molar-refractivity contribution in [2.24, 2.45) is 5.92 Å². The highest BCUT2D eigenvalue weighted by atomic mass is 19.1. The Morgan fingerprint density at radius 1 is 1.48 bits per heavy atom. The maximum absolute atomic E-state index is 13.3. The number of aromatic nitrogens is 1. The molecular weight excluding hydrogens is 299 g/mol. The number of halogens is 1. The molecule has 1 unspecified atom stereocenters. The minimum absolute atomic E-state index is 0.109. The largest absolute Gasteiger partial charge is 0.492 e. The van der Waals surface area contributed by atoms with Gasteiger partial charge in [0.2, 0.25) is 5.91 Å². The van der Waals surface area contributed by atoms with Gasteiger partial charge in [-0.2, -0.15) is 0 Å². The number of carbonyl (C=O) groups is 1. The zero-order chi connectivity index (χ0) is 16.4. The molecule has 0 spiro atoms. The van der Waals surface area contributed by atoms with E-state index >= 15 is 0 Å². The van der Waals surface area contributed by atoms with Crippen LogP contribution in [0.4, 0.5) is 4.39 Å². The molecule has 1 N–H and O–H groups in total. The van der Waals surface area contributed by atoms with E-state index < -0.39 is 0 Å². The summed E-state index contributed by atoms with van der Waals surface area (Å²) in [6.45, 7) is 4.50. The van der Waals surface area contributed by atoms with Gasteiger partial charge >= 0.3 is 0 Å². The second-order valence-corrected chi connectivity index (χ2v) is 5.70. The van der Waals surface area contributed by atoms with Gasteiger partial charge in [-0.1, -0.05) is 12.1 Å². The number of fused-ring (bicyclic) bond motifs is 1. The molecule has 2 heterocycles. The first-order chi connectivity index (χ1) is 11.1. The van der Waals surface area contributed by atoms with Crippen molar-refractivity contribution in [2.75, 3.05) is 6.61 Å². The van der Waals surface area contributed by atoms with Gasteiger partial charge in [-0.15, -0.1) is 0 Å². The Bertz CT molecular complexity index is 727. The Kier molecular flexibility index (Phi) is 4.32. The van der Waals surface area contributed by atoms with Crippen LogP contribution in [0.15, 0.2) is 22.7 Å². The fraction of sp³-hybridized carbons (Fsp3) is 0.412. The van der Waals surface area contributed by atoms with Gasteiger partial charge in [-0.3, -0.25) is 4.79 Å². The Labute approximate surface area is 133 Å². The first kappa shape index (κ1) is 15.5. The Hall–Kier alpha value is -2.37. The van der Waals surface area contributed by atoms with Crippen molar-refractivity contribution in [3.05, 3.63) is 46.6 Å². The molecule has 0 radical (unpaired) electrons. The van der Waals surface area contributed by atoms with Gasteiger partial charge in [0.1, 0.15) is 23.9 Å². The van der Waals surface area contributed by atoms with Crippen LogP contribution in [0.25, 0.3) is 0 Å². The van der Waals surface area contributed by atoms with Crippen LogP contribution < -0.4 is 10.1 Å². The van der Waals surface area contributed by atoms with E-state index in [1.165, 1.54) is 12.1 Å². The number of hydrogen-bond acceptors (Lipinski definition) is 4. The molecule has 0 saturated heterocycles. The first-order valence-electron chi connectivity index (χ1n) is 7.71. The molecule has 1 aromatic heterocycles. The lowest BCUT2D eigenvalue weighted by Gasteiger charge is -2.24. The molecular formula is C17H19FN2O3. The monoisotopic (exact) mass is 318 g/mol. The SMILES string of the molecule is CCc1noc(C)c1CNC(=O)C1COc2ccc(F)cc2C1. The number of rotatable bonds is 4. The number of amides is 1. The highest BCUT2D eigenvalue weighted by Gasteiger charge is 2.26. The summed E-state index contributed by atoms with van der Waals surface area (Å²) >= 11 is 0. The van der Waals surface area contributed by atoms with Gasteiger partial charge in [0, 0.05) is 12.1 Å². The molecule has 6 heteroatoms. The lowest BCUT2D eigenvalue weighted by molar-refractivity contribution is -0.126. The molecule has 23 heavy (non-hydrogen) atoms. The van der Waals surface area contributed by atoms with E-state index in [2.05, 4.69) is 10.5 Å². The minimum Gasteiger partial charge on any atom is -0.492 e. The third-order valence-corrected chi connectivity index (χ3v) is 4.14. The summed E-state index contributed by atoms with van der Waals surface area (Å²) in [6, 6.07) is 4.39. The van der Waals surface area contributed by atoms with Crippen molar-refractivity contribution >= 4 is 5.91 Å². The second kappa shape index (κ2) is 6.40. The summed E-state index contributed by atoms with van der Waals surface area (Å²) in [6.07, 6.45) is 1.23. The van der Waals surface area contributed by atoms with Gasteiger partial charge in [0.05, 0.1) is 11.6 Å². The second-order valence-electron chi connectivity index (χ2n) is 5.70. The van der Waals surface area contributed by atoms with Gasteiger partial charge in [0.15, 0.2) is 0 Å². The maximum Gasteiger partial charge on any atom is 0.227 e. The summed E-state index contributed by atoms with van der Waals surface area (Å²) in [7, 11) is 0. The third-order valence-electron chi connectivity index (χ3n) is 4.14. The Morgan fingerprint density at radius 3 is 3.09 bits per heavy atom. The van der Waals surface area contributed by atoms with Crippen molar-refractivity contribution < 1.29 is 18.4 Å². The number of benzene rings is 1. The molecule has 1 aliphatic rings. The van der Waals surface area contributed by atoms with E-state index in [1.807, 2.05) is 13.8 Å². The number of nitrogens with one attached hydrogen (secondary N) is 1. The van der Waals surface area contributed by atoms with Gasteiger partial charge < -0.3 is 14.6 Å². The van der Waals surface area contributed by atoms with Crippen molar-refractivity contribution in [1.29, 1.82) is 0 Å². The quantitative estimate of drug-likeness (QED) is 0.941. The fourth-order valence-corrected chi connectivity index (χ4v) is 2.79. The highest BCUT2D eigenvalue weighted by Crippen LogP contribution is 2.28. The molecule has 0 fully saturated rings. The molecule has 1 atom stereocenters. The zero-order valence-electron chi connectivity index (χ0n) is 13.2. The van der Waals surface area contributed by atoms with E-state index in [9.17, 15) is 9.18 Å². The van der Waals surface area contributed by atoms with Gasteiger partial charge in [-0.25, -0.2) is 4.39 Å². The Balaban J connectivity index is 1.64. The van der Waals surface area contributed by atoms with Crippen molar-refractivity contribution in [1.82, 2.24) is 10.5 Å². The average Bonchev–Trinajstić information content (AvgIpc) is 2.91. The lowest BCUT2D eigenvalue weighted by atomic mass is 9.96. The van der Waals surface area contributed by atoms with E-state index in [0.717, 1.165) is 29.0 Å². The number of carbonyl (C=O) groups excluding carboxylic acids is 1. The summed E-state index contributed by atoms with van der Waals surface area (Å²) in [5, 5.41) is 6.87. The number of ether oxygens (including phenoxy) is 1. The first-order valence-corrected chi connectivity index (χ1v) is 7.71. The van der Waals surface area contributed by atoms with Crippen LogP contribution in [0.2, 0.25) is 0 Å². The molecule has 1 aliphatic heterocycles. The summed E-state index contributed by atoms with van der Waals surface area (Å²) < 4.78 is 24.0. The summed E-state index contributed by atoms with van der Waals surface area (Å²) in [5.74, 6) is 0.617. The minimum atomic E-state index is -0.324. The number of hydrogen-bond donors (Lipinski definition) is 1. The number of nitrogens with zero attached hydrogens (tertiary/aromatic N) is 1. The zero-order valence-corrected chi connectivity index (χ0v) is 13.2. The molecule has 0 saturated carbocycles. The summed E-state index contributed by atoms with van der Waals surface area (Å²) in [5.41, 5.74) is 2.51. The van der Waals surface area contributed by atoms with Gasteiger partial charge in [0.25, 0.3) is 0 Å². The molecule has 2 aromatic rings. The van der Waals surface area contributed by atoms with E-state index in [4.69, 9.17) is 9.26 Å². The molecule has 1 aromatic carbocycles.